The quantitative estimate of drug-likeness (QED) is 0.217. The zero-order valence-electron chi connectivity index (χ0n) is 23.3. The van der Waals surface area contributed by atoms with Crippen LogP contribution < -0.4 is 5.56 Å². The molecule has 0 N–H and O–H groups in total. The van der Waals surface area contributed by atoms with Gasteiger partial charge >= 0.3 is 5.97 Å². The van der Waals surface area contributed by atoms with Gasteiger partial charge in [-0.25, -0.2) is 18.9 Å². The lowest BCUT2D eigenvalue weighted by Crippen LogP contribution is -2.25. The van der Waals surface area contributed by atoms with Gasteiger partial charge in [0.2, 0.25) is 0 Å². The number of carbonyl (C=O) groups excluding carboxylic acids is 2. The Kier molecular flexibility index (Phi) is 7.51. The summed E-state index contributed by atoms with van der Waals surface area (Å²) in [4.78, 5) is 48.1. The van der Waals surface area contributed by atoms with E-state index < -0.39 is 5.97 Å². The molecule has 11 heteroatoms. The summed E-state index contributed by atoms with van der Waals surface area (Å²) < 4.78 is 27.9. The Labute approximate surface area is 244 Å². The molecule has 1 aliphatic heterocycles. The van der Waals surface area contributed by atoms with Crippen LogP contribution in [0.5, 0.6) is 0 Å². The molecule has 0 fully saturated rings. The summed E-state index contributed by atoms with van der Waals surface area (Å²) in [5.74, 6) is -0.458. The Morgan fingerprint density at radius 3 is 2.62 bits per heavy atom. The zero-order valence-corrected chi connectivity index (χ0v) is 24.1. The van der Waals surface area contributed by atoms with Crippen molar-refractivity contribution in [2.75, 3.05) is 13.7 Å². The van der Waals surface area contributed by atoms with Crippen LogP contribution in [0.1, 0.15) is 50.4 Å². The van der Waals surface area contributed by atoms with Crippen molar-refractivity contribution in [3.63, 3.8) is 0 Å². The minimum absolute atomic E-state index is 0.144. The number of amides is 1. The number of aromatic nitrogens is 3. The van der Waals surface area contributed by atoms with Crippen molar-refractivity contribution in [2.24, 2.45) is 0 Å². The van der Waals surface area contributed by atoms with Gasteiger partial charge in [0.25, 0.3) is 11.5 Å². The molecular weight excluding hydrogens is 559 g/mol. The largest absolute Gasteiger partial charge is 0.467 e. The van der Waals surface area contributed by atoms with Crippen molar-refractivity contribution in [3.8, 4) is 10.4 Å². The maximum atomic E-state index is 13.7. The van der Waals surface area contributed by atoms with E-state index in [4.69, 9.17) is 14.1 Å². The third kappa shape index (κ3) is 5.04. The Morgan fingerprint density at radius 1 is 1.10 bits per heavy atom. The average molecular weight is 589 g/mol. The molecule has 9 nitrogen and oxygen atoms in total. The van der Waals surface area contributed by atoms with Gasteiger partial charge in [-0.2, -0.15) is 0 Å². The predicted octanol–water partition coefficient (Wildman–Crippen LogP) is 5.30. The van der Waals surface area contributed by atoms with Crippen LogP contribution in [0.2, 0.25) is 0 Å². The fourth-order valence-electron chi connectivity index (χ4n) is 5.43. The molecular formula is C31H29FN4O5S. The minimum Gasteiger partial charge on any atom is -0.467 e. The lowest BCUT2D eigenvalue weighted by molar-refractivity contribution is 0.0525. The molecule has 0 atom stereocenters. The number of nitrogens with zero attached hydrogens (tertiary/aromatic N) is 4. The molecule has 5 aromatic rings. The fourth-order valence-corrected chi connectivity index (χ4v) is 6.49. The number of aryl methyl sites for hydroxylation is 3. The van der Waals surface area contributed by atoms with E-state index in [0.29, 0.717) is 70.3 Å². The lowest BCUT2D eigenvalue weighted by atomic mass is 9.97. The molecule has 0 bridgehead atoms. The highest BCUT2D eigenvalue weighted by Gasteiger charge is 2.31. The first-order chi connectivity index (χ1) is 20.4. The Hall–Kier alpha value is -4.51. The maximum absolute atomic E-state index is 13.7. The Balaban J connectivity index is 1.48. The lowest BCUT2D eigenvalue weighted by Gasteiger charge is -2.15. The smallest absolute Gasteiger partial charge is 0.340 e. The maximum Gasteiger partial charge on any atom is 0.340 e. The van der Waals surface area contributed by atoms with E-state index in [1.807, 2.05) is 4.68 Å². The van der Waals surface area contributed by atoms with Crippen LogP contribution in [-0.2, 0) is 37.2 Å². The molecule has 216 valence electrons. The summed E-state index contributed by atoms with van der Waals surface area (Å²) in [7, 11) is 1.69. The third-order valence-corrected chi connectivity index (χ3v) is 8.49. The molecule has 5 heterocycles. The predicted molar refractivity (Wildman–Crippen MR) is 156 cm³/mol. The zero-order chi connectivity index (χ0) is 29.4. The second kappa shape index (κ2) is 11.4. The van der Waals surface area contributed by atoms with Crippen molar-refractivity contribution in [2.45, 2.75) is 45.8 Å². The third-order valence-electron chi connectivity index (χ3n) is 7.40. The molecule has 0 radical (unpaired) electrons. The van der Waals surface area contributed by atoms with Gasteiger partial charge in [0.15, 0.2) is 5.65 Å². The van der Waals surface area contributed by atoms with Gasteiger partial charge in [-0.3, -0.25) is 14.3 Å². The Morgan fingerprint density at radius 2 is 1.88 bits per heavy atom. The van der Waals surface area contributed by atoms with Crippen molar-refractivity contribution >= 4 is 34.2 Å². The molecule has 42 heavy (non-hydrogen) atoms. The van der Waals surface area contributed by atoms with Crippen molar-refractivity contribution < 1.29 is 23.1 Å². The molecule has 1 amide bonds. The van der Waals surface area contributed by atoms with Crippen molar-refractivity contribution in [3.05, 3.63) is 98.4 Å². The summed E-state index contributed by atoms with van der Waals surface area (Å²) in [6.45, 7) is 3.35. The summed E-state index contributed by atoms with van der Waals surface area (Å²) in [5.41, 5.74) is 2.31. The molecule has 6 rings (SSSR count). The minimum atomic E-state index is -0.581. The number of fused-ring (bicyclic) bond motifs is 3. The first-order valence-electron chi connectivity index (χ1n) is 13.8. The highest BCUT2D eigenvalue weighted by Crippen LogP contribution is 2.38. The van der Waals surface area contributed by atoms with Gasteiger partial charge in [-0.1, -0.05) is 12.1 Å². The van der Waals surface area contributed by atoms with Crippen LogP contribution in [0.4, 0.5) is 4.39 Å². The van der Waals surface area contributed by atoms with Gasteiger partial charge in [-0.15, -0.1) is 11.3 Å². The topological polar surface area (TPSA) is 99.6 Å². The molecule has 0 spiro atoms. The first kappa shape index (κ1) is 27.6. The number of furan rings is 1. The summed E-state index contributed by atoms with van der Waals surface area (Å²) in [6.07, 6.45) is 3.24. The number of hydrogen-bond acceptors (Lipinski definition) is 7. The summed E-state index contributed by atoms with van der Waals surface area (Å²) in [6, 6.07) is 13.3. The molecule has 4 aromatic heterocycles. The standard InChI is InChI=1S/C31H29FN4O5S/c1-3-40-31(39)25-22(12-9-19-7-10-20(32)11-8-19)33-28-27(30(38)36-16-5-15-35(28)36)26(25)23-13-14-24(42-23)29(37)34(2)18-21-6-4-17-41-21/h4,6-8,10-11,13-14,17H,3,5,9,12,15-16,18H2,1-2H3. The van der Waals surface area contributed by atoms with Gasteiger partial charge in [0, 0.05) is 30.6 Å². The summed E-state index contributed by atoms with van der Waals surface area (Å²) in [5, 5.41) is 0.341. The molecule has 0 saturated heterocycles. The van der Waals surface area contributed by atoms with E-state index >= 15 is 0 Å². The normalized spacial score (nSPS) is 12.5. The second-order valence-corrected chi connectivity index (χ2v) is 11.2. The van der Waals surface area contributed by atoms with E-state index in [0.717, 1.165) is 12.0 Å². The molecule has 1 aliphatic rings. The average Bonchev–Trinajstić information content (AvgIpc) is 3.79. The molecule has 0 unspecified atom stereocenters. The van der Waals surface area contributed by atoms with Crippen molar-refractivity contribution in [1.82, 2.24) is 19.2 Å². The number of pyridine rings is 1. The number of ether oxygens (including phenoxy) is 1. The van der Waals surface area contributed by atoms with Crippen LogP contribution in [-0.4, -0.2) is 44.8 Å². The number of rotatable bonds is 9. The van der Waals surface area contributed by atoms with Crippen LogP contribution in [0, 0.1) is 5.82 Å². The SMILES string of the molecule is CCOC(=O)c1c(CCc2ccc(F)cc2)nc2c(c1-c1ccc(C(=O)N(C)Cc3ccco3)s1)c(=O)n1n2CCC1. The second-order valence-electron chi connectivity index (χ2n) is 10.2. The Bertz CT molecular complexity index is 1840. The van der Waals surface area contributed by atoms with Gasteiger partial charge < -0.3 is 14.1 Å². The van der Waals surface area contributed by atoms with E-state index in [9.17, 15) is 18.8 Å². The number of benzene rings is 1. The van der Waals surface area contributed by atoms with E-state index in [1.165, 1.54) is 23.5 Å². The van der Waals surface area contributed by atoms with Gasteiger partial charge in [0.1, 0.15) is 11.6 Å². The van der Waals surface area contributed by atoms with Crippen LogP contribution >= 0.6 is 11.3 Å². The number of hydrogen-bond donors (Lipinski definition) is 0. The molecule has 1 aromatic carbocycles. The van der Waals surface area contributed by atoms with Crippen LogP contribution in [0.25, 0.3) is 21.5 Å². The highest BCUT2D eigenvalue weighted by molar-refractivity contribution is 7.17. The monoisotopic (exact) mass is 588 g/mol. The number of esters is 1. The number of carbonyl (C=O) groups is 2. The molecule has 0 aliphatic carbocycles. The number of halogens is 1. The molecule has 0 saturated carbocycles. The highest BCUT2D eigenvalue weighted by atomic mass is 32.1. The fraction of sp³-hybridized carbons (Fsp3) is 0.290. The van der Waals surface area contributed by atoms with Crippen LogP contribution in [0.15, 0.2) is 64.0 Å². The van der Waals surface area contributed by atoms with E-state index in [1.54, 1.807) is 66.2 Å². The van der Waals surface area contributed by atoms with Gasteiger partial charge in [0.05, 0.1) is 40.9 Å². The van der Waals surface area contributed by atoms with E-state index in [-0.39, 0.29) is 29.5 Å². The van der Waals surface area contributed by atoms with Crippen molar-refractivity contribution in [1.29, 1.82) is 0 Å². The summed E-state index contributed by atoms with van der Waals surface area (Å²) >= 11 is 1.22. The van der Waals surface area contributed by atoms with Crippen LogP contribution in [0.3, 0.4) is 0 Å². The van der Waals surface area contributed by atoms with Gasteiger partial charge in [-0.05, 0) is 68.1 Å². The van der Waals surface area contributed by atoms with E-state index in [2.05, 4.69) is 0 Å². The number of thiophene rings is 1. The first-order valence-corrected chi connectivity index (χ1v) is 14.6.